The lowest BCUT2D eigenvalue weighted by Crippen LogP contribution is -2.26. The number of hydrogen-bond acceptors (Lipinski definition) is 15. The normalized spacial score (nSPS) is 11.0. The molecule has 0 fully saturated rings. The van der Waals surface area contributed by atoms with Crippen LogP contribution < -0.4 is 40.2 Å². The largest absolute Gasteiger partial charge is 0.573 e. The Bertz CT molecular complexity index is 4100. The van der Waals surface area contributed by atoms with Crippen LogP contribution in [0.2, 0.25) is 0 Å². The smallest absolute Gasteiger partial charge is 0.493 e. The molecule has 6 heterocycles. The zero-order valence-electron chi connectivity index (χ0n) is 44.7. The molecule has 12 rings (SSSR count). The summed E-state index contributed by atoms with van der Waals surface area (Å²) in [5.41, 5.74) is 9.45. The lowest BCUT2D eigenvalue weighted by Gasteiger charge is -2.15. The number of hydrogen-bond donors (Lipinski definition) is 5. The Balaban J connectivity index is 0.000000139. The van der Waals surface area contributed by atoms with Gasteiger partial charge in [0.15, 0.2) is 45.9 Å². The molecule has 83 heavy (non-hydrogen) atoms. The molecule has 0 saturated heterocycles. The number of rotatable bonds is 16. The minimum atomic E-state index is -4.75. The van der Waals surface area contributed by atoms with E-state index in [9.17, 15) is 18.0 Å². The number of ether oxygens (including phenoxy) is 4. The Morgan fingerprint density at radius 1 is 0.518 bits per heavy atom. The summed E-state index contributed by atoms with van der Waals surface area (Å²) in [6.07, 6.45) is 11.4. The van der Waals surface area contributed by atoms with Gasteiger partial charge in [-0.3, -0.25) is 4.79 Å². The van der Waals surface area contributed by atoms with Crippen LogP contribution in [0.4, 0.5) is 47.7 Å². The predicted molar refractivity (Wildman–Crippen MR) is 310 cm³/mol. The third kappa shape index (κ3) is 13.5. The predicted octanol–water partition coefficient (Wildman–Crippen LogP) is 12.1. The van der Waals surface area contributed by atoms with Gasteiger partial charge in [0.25, 0.3) is 5.91 Å². The first-order valence-electron chi connectivity index (χ1n) is 25.6. The Kier molecular flexibility index (Phi) is 16.9. The van der Waals surface area contributed by atoms with E-state index in [1.807, 2.05) is 149 Å². The molecule has 0 spiro atoms. The van der Waals surface area contributed by atoms with Gasteiger partial charge in [0.1, 0.15) is 5.75 Å². The molecule has 0 aliphatic rings. The van der Waals surface area contributed by atoms with Crippen molar-refractivity contribution in [2.45, 2.75) is 6.36 Å². The third-order valence-electron chi connectivity index (χ3n) is 12.4. The third-order valence-corrected chi connectivity index (χ3v) is 12.4. The molecule has 12 aromatic rings. The Labute approximate surface area is 472 Å². The van der Waals surface area contributed by atoms with Gasteiger partial charge >= 0.3 is 6.36 Å². The van der Waals surface area contributed by atoms with Gasteiger partial charge in [-0.2, -0.15) is 0 Å². The van der Waals surface area contributed by atoms with Crippen molar-refractivity contribution in [3.05, 3.63) is 213 Å². The molecule has 0 bridgehead atoms. The minimum Gasteiger partial charge on any atom is -0.493 e. The van der Waals surface area contributed by atoms with E-state index in [-0.39, 0.29) is 24.8 Å². The van der Waals surface area contributed by atoms with Crippen LogP contribution in [0.5, 0.6) is 23.0 Å². The van der Waals surface area contributed by atoms with Crippen molar-refractivity contribution in [3.8, 4) is 56.8 Å². The van der Waals surface area contributed by atoms with E-state index in [1.54, 1.807) is 74.9 Å². The van der Waals surface area contributed by atoms with E-state index in [2.05, 4.69) is 45.9 Å². The van der Waals surface area contributed by atoms with E-state index in [0.29, 0.717) is 57.2 Å². The second kappa shape index (κ2) is 25.4. The van der Waals surface area contributed by atoms with Crippen molar-refractivity contribution < 1.29 is 42.0 Å². The fraction of sp³-hybridized carbons (Fsp3) is 0.0984. The van der Waals surface area contributed by atoms with Crippen molar-refractivity contribution in [1.82, 2.24) is 48.4 Å². The highest BCUT2D eigenvalue weighted by atomic mass is 19.4. The number of halogens is 3. The molecule has 22 heteroatoms. The molecule has 0 unspecified atom stereocenters. The standard InChI is InChI=1S/C21H19N5O2.C21H20N4O3.C19H13F3N4O/c27-13-11-23-21(28)16-8-6-15(7-9-16)18-14-26-12-10-22-20(26)19(25-18)24-17-4-2-1-3-5-17;1-26-17-11-14(12-18(27-2)19(17)28-3)16-13-25-10-9-22-21(25)20(24-16)23-15-7-5-4-6-8-15;20-19(21,22)27-15-8-4-5-13(11-15)16-12-26-10-9-23-18(26)17(25-16)24-14-6-2-1-3-7-14/h1-10,12,14,27H,11,13H2,(H,23,28)(H,24,25);4-13H,1-3H3,(H,23,24);1-12H,(H,24,25). The molecule has 0 radical (unpaired) electrons. The van der Waals surface area contributed by atoms with Gasteiger partial charge in [0, 0.05) is 102 Å². The molecule has 0 aliphatic carbocycles. The number of aromatic nitrogens is 9. The van der Waals surface area contributed by atoms with Gasteiger partial charge in [-0.1, -0.05) is 78.9 Å². The molecule has 0 aliphatic heterocycles. The number of anilines is 6. The van der Waals surface area contributed by atoms with Gasteiger partial charge in [0.05, 0.1) is 45.0 Å². The lowest BCUT2D eigenvalue weighted by atomic mass is 10.1. The highest BCUT2D eigenvalue weighted by Gasteiger charge is 2.31. The number of alkyl halides is 3. The van der Waals surface area contributed by atoms with Gasteiger partial charge in [-0.05, 0) is 72.8 Å². The lowest BCUT2D eigenvalue weighted by molar-refractivity contribution is -0.274. The zero-order valence-corrected chi connectivity index (χ0v) is 44.7. The molecule has 6 aromatic carbocycles. The summed E-state index contributed by atoms with van der Waals surface area (Å²) in [7, 11) is 4.77. The summed E-state index contributed by atoms with van der Waals surface area (Å²) >= 11 is 0. The van der Waals surface area contributed by atoms with E-state index in [1.165, 1.54) is 18.2 Å². The summed E-state index contributed by atoms with van der Waals surface area (Å²) in [5, 5.41) is 21.3. The summed E-state index contributed by atoms with van der Waals surface area (Å²) in [4.78, 5) is 39.1. The number of benzene rings is 6. The number of fused-ring (bicyclic) bond motifs is 3. The number of para-hydroxylation sites is 3. The van der Waals surface area contributed by atoms with Crippen LogP contribution in [0.25, 0.3) is 50.7 Å². The van der Waals surface area contributed by atoms with Crippen LogP contribution in [-0.4, -0.2) is 95.0 Å². The van der Waals surface area contributed by atoms with Gasteiger partial charge < -0.3 is 58.5 Å². The minimum absolute atomic E-state index is 0.0874. The first-order chi connectivity index (χ1) is 40.4. The first kappa shape index (κ1) is 55.3. The SMILES string of the molecule is COc1cc(-c2cn3ccnc3c(Nc3ccccc3)n2)cc(OC)c1OC.FC(F)(F)Oc1cccc(-c2cn3ccnc3c(Nc3ccccc3)n2)c1.O=C(NCCO)c1ccc(-c2cn3ccnc3c(Nc3ccccc3)n2)cc1. The van der Waals surface area contributed by atoms with E-state index in [0.717, 1.165) is 50.9 Å². The monoisotopic (exact) mass is 1120 g/mol. The number of amides is 1. The zero-order chi connectivity index (χ0) is 57.7. The second-order valence-electron chi connectivity index (χ2n) is 17.9. The number of nitrogens with one attached hydrogen (secondary N) is 4. The van der Waals surface area contributed by atoms with E-state index < -0.39 is 6.36 Å². The molecule has 0 atom stereocenters. The topological polar surface area (TPSA) is 213 Å². The van der Waals surface area contributed by atoms with Crippen LogP contribution in [0.3, 0.4) is 0 Å². The molecule has 0 saturated carbocycles. The molecular weight excluding hydrogens is 1070 g/mol. The van der Waals surface area contributed by atoms with E-state index in [4.69, 9.17) is 29.3 Å². The van der Waals surface area contributed by atoms with Crippen molar-refractivity contribution in [1.29, 1.82) is 0 Å². The summed E-state index contributed by atoms with van der Waals surface area (Å²) in [6.45, 7) is 0.143. The summed E-state index contributed by atoms with van der Waals surface area (Å²) < 4.78 is 63.4. The van der Waals surface area contributed by atoms with Crippen molar-refractivity contribution in [2.75, 3.05) is 50.4 Å². The quantitative estimate of drug-likeness (QED) is 0.0609. The summed E-state index contributed by atoms with van der Waals surface area (Å²) in [5.74, 6) is 2.96. The Morgan fingerprint density at radius 2 is 0.952 bits per heavy atom. The fourth-order valence-electron chi connectivity index (χ4n) is 8.58. The van der Waals surface area contributed by atoms with Crippen LogP contribution in [0.15, 0.2) is 207 Å². The molecule has 6 aromatic heterocycles. The number of carbonyl (C=O) groups is 1. The average molecular weight is 1120 g/mol. The van der Waals surface area contributed by atoms with Gasteiger partial charge in [-0.15, -0.1) is 13.2 Å². The first-order valence-corrected chi connectivity index (χ1v) is 25.6. The van der Waals surface area contributed by atoms with Crippen molar-refractivity contribution in [3.63, 3.8) is 0 Å². The molecule has 5 N–H and O–H groups in total. The number of imidazole rings is 3. The maximum absolute atomic E-state index is 12.5. The number of nitrogens with zero attached hydrogens (tertiary/aromatic N) is 9. The van der Waals surface area contributed by atoms with Crippen LogP contribution in [-0.2, 0) is 0 Å². The second-order valence-corrected chi connectivity index (χ2v) is 17.9. The van der Waals surface area contributed by atoms with E-state index >= 15 is 0 Å². The highest BCUT2D eigenvalue weighted by Crippen LogP contribution is 2.41. The maximum atomic E-state index is 12.5. The van der Waals surface area contributed by atoms with Gasteiger partial charge in [-0.25, -0.2) is 29.9 Å². The average Bonchev–Trinajstić information content (AvgIpc) is 4.35. The number of methoxy groups -OCH3 is 3. The molecule has 1 amide bonds. The fourth-order valence-corrected chi connectivity index (χ4v) is 8.58. The molecular formula is C61H52F3N13O6. The maximum Gasteiger partial charge on any atom is 0.573 e. The van der Waals surface area contributed by atoms with Crippen molar-refractivity contribution in [2.24, 2.45) is 0 Å². The Hall–Kier alpha value is -11.0. The number of carbonyl (C=O) groups excluding carboxylic acids is 1. The van der Waals surface area contributed by atoms with Crippen LogP contribution in [0.1, 0.15) is 10.4 Å². The van der Waals surface area contributed by atoms with Gasteiger partial charge in [0.2, 0.25) is 5.75 Å². The van der Waals surface area contributed by atoms with Crippen LogP contribution >= 0.6 is 0 Å². The van der Waals surface area contributed by atoms with Crippen LogP contribution in [0, 0.1) is 0 Å². The highest BCUT2D eigenvalue weighted by molar-refractivity contribution is 5.94. The Morgan fingerprint density at radius 3 is 1.36 bits per heavy atom. The number of aliphatic hydroxyl groups is 1. The molecule has 418 valence electrons. The molecule has 19 nitrogen and oxygen atoms in total. The summed E-state index contributed by atoms with van der Waals surface area (Å²) in [6, 6.07) is 45.7. The number of aliphatic hydroxyl groups excluding tert-OH is 1. The van der Waals surface area contributed by atoms with Crippen molar-refractivity contribution >= 4 is 57.4 Å².